The Morgan fingerprint density at radius 2 is 1.75 bits per heavy atom. The van der Waals surface area contributed by atoms with Crippen LogP contribution in [0.25, 0.3) is 0 Å². The Bertz CT molecular complexity index is 738. The zero-order chi connectivity index (χ0) is 23.3. The van der Waals surface area contributed by atoms with Crippen molar-refractivity contribution in [1.82, 2.24) is 35.2 Å². The van der Waals surface area contributed by atoms with Gasteiger partial charge >= 0.3 is 0 Å². The van der Waals surface area contributed by atoms with Gasteiger partial charge in [0.1, 0.15) is 18.7 Å². The second-order valence-corrected chi connectivity index (χ2v) is 8.59. The van der Waals surface area contributed by atoms with E-state index in [1.54, 1.807) is 4.68 Å². The van der Waals surface area contributed by atoms with Crippen LogP contribution in [0.4, 0.5) is 0 Å². The molecule has 0 aliphatic carbocycles. The Morgan fingerprint density at radius 1 is 1.06 bits per heavy atom. The molecule has 1 fully saturated rings. The molecule has 180 valence electrons. The van der Waals surface area contributed by atoms with Gasteiger partial charge in [0.15, 0.2) is 5.96 Å². The normalized spacial score (nSPS) is 14.7. The summed E-state index contributed by atoms with van der Waals surface area (Å²) in [5, 5.41) is 10.6. The van der Waals surface area contributed by atoms with E-state index in [1.165, 1.54) is 6.33 Å². The monoisotopic (exact) mass is 448 g/mol. The molecule has 1 aromatic heterocycles. The van der Waals surface area contributed by atoms with Gasteiger partial charge in [0.2, 0.25) is 11.8 Å². The summed E-state index contributed by atoms with van der Waals surface area (Å²) in [7, 11) is 1.85. The van der Waals surface area contributed by atoms with Gasteiger partial charge in [0, 0.05) is 59.2 Å². The summed E-state index contributed by atoms with van der Waals surface area (Å²) in [5.74, 6) is 2.35. The number of hydrogen-bond donors (Lipinski definition) is 2. The predicted molar refractivity (Wildman–Crippen MR) is 125 cm³/mol. The number of nitrogens with zero attached hydrogens (tertiary/aromatic N) is 6. The van der Waals surface area contributed by atoms with Crippen LogP contribution in [0.1, 0.15) is 58.7 Å². The zero-order valence-corrected chi connectivity index (χ0v) is 20.1. The highest BCUT2D eigenvalue weighted by molar-refractivity contribution is 5.79. The zero-order valence-electron chi connectivity index (χ0n) is 20.1. The lowest BCUT2D eigenvalue weighted by molar-refractivity contribution is -0.140. The molecule has 0 atom stereocenters. The van der Waals surface area contributed by atoms with Crippen molar-refractivity contribution in [2.45, 2.75) is 59.4 Å². The lowest BCUT2D eigenvalue weighted by atomic mass is 10.1. The number of aromatic nitrogens is 3. The summed E-state index contributed by atoms with van der Waals surface area (Å²) in [5.41, 5.74) is 0. The van der Waals surface area contributed by atoms with Crippen molar-refractivity contribution in [2.24, 2.45) is 18.0 Å². The second-order valence-electron chi connectivity index (χ2n) is 8.59. The summed E-state index contributed by atoms with van der Waals surface area (Å²) >= 11 is 0. The number of aryl methyl sites for hydroxylation is 1. The van der Waals surface area contributed by atoms with Crippen LogP contribution in [0.3, 0.4) is 0 Å². The first-order valence-corrected chi connectivity index (χ1v) is 11.8. The van der Waals surface area contributed by atoms with Crippen molar-refractivity contribution in [3.63, 3.8) is 0 Å². The van der Waals surface area contributed by atoms with Crippen LogP contribution in [0, 0.1) is 5.92 Å². The predicted octanol–water partition coefficient (Wildman–Crippen LogP) is 1.15. The molecule has 10 heteroatoms. The number of aliphatic imine (C=N–C) groups is 1. The van der Waals surface area contributed by atoms with Crippen molar-refractivity contribution in [1.29, 1.82) is 0 Å². The van der Waals surface area contributed by atoms with Gasteiger partial charge in [0.25, 0.3) is 0 Å². The summed E-state index contributed by atoms with van der Waals surface area (Å²) in [4.78, 5) is 37.1. The van der Waals surface area contributed by atoms with Gasteiger partial charge in [-0.3, -0.25) is 14.3 Å². The average molecular weight is 449 g/mol. The number of carbonyl (C=O) groups is 2. The molecule has 0 saturated carbocycles. The van der Waals surface area contributed by atoms with E-state index >= 15 is 0 Å². The smallest absolute Gasteiger partial charge is 0.222 e. The number of carbonyl (C=O) groups excluding carboxylic acids is 2. The first-order chi connectivity index (χ1) is 15.4. The van der Waals surface area contributed by atoms with Crippen LogP contribution < -0.4 is 10.6 Å². The Labute approximate surface area is 191 Å². The van der Waals surface area contributed by atoms with E-state index in [0.717, 1.165) is 44.1 Å². The molecule has 0 spiro atoms. The van der Waals surface area contributed by atoms with Crippen molar-refractivity contribution in [3.05, 3.63) is 12.2 Å². The van der Waals surface area contributed by atoms with E-state index in [4.69, 9.17) is 0 Å². The van der Waals surface area contributed by atoms with E-state index in [-0.39, 0.29) is 11.8 Å². The third-order valence-corrected chi connectivity index (χ3v) is 5.46. The number of hydrogen-bond acceptors (Lipinski definition) is 5. The molecule has 0 bridgehead atoms. The molecule has 32 heavy (non-hydrogen) atoms. The Balaban J connectivity index is 1.59. The van der Waals surface area contributed by atoms with Crippen molar-refractivity contribution < 1.29 is 9.59 Å². The number of guanidine groups is 1. The van der Waals surface area contributed by atoms with Gasteiger partial charge in [-0.1, -0.05) is 20.3 Å². The van der Waals surface area contributed by atoms with Crippen LogP contribution >= 0.6 is 0 Å². The summed E-state index contributed by atoms with van der Waals surface area (Å²) in [6, 6.07) is 0. The van der Waals surface area contributed by atoms with E-state index in [0.29, 0.717) is 51.5 Å². The van der Waals surface area contributed by atoms with Gasteiger partial charge in [-0.25, -0.2) is 9.98 Å². The van der Waals surface area contributed by atoms with Crippen LogP contribution in [-0.4, -0.2) is 81.6 Å². The highest BCUT2D eigenvalue weighted by Crippen LogP contribution is 2.10. The largest absolute Gasteiger partial charge is 0.357 e. The number of unbranched alkanes of at least 4 members (excludes halogenated alkanes) is 2. The van der Waals surface area contributed by atoms with E-state index in [1.807, 2.05) is 23.8 Å². The maximum Gasteiger partial charge on any atom is 0.222 e. The van der Waals surface area contributed by atoms with E-state index < -0.39 is 0 Å². The molecule has 1 saturated heterocycles. The lowest BCUT2D eigenvalue weighted by Gasteiger charge is -2.35. The maximum atomic E-state index is 12.5. The molecule has 1 aliphatic heterocycles. The number of nitrogens with one attached hydrogen (secondary N) is 2. The van der Waals surface area contributed by atoms with Crippen molar-refractivity contribution >= 4 is 17.8 Å². The van der Waals surface area contributed by atoms with Crippen LogP contribution in [0.5, 0.6) is 0 Å². The Hall–Kier alpha value is -2.65. The van der Waals surface area contributed by atoms with Crippen molar-refractivity contribution in [3.8, 4) is 0 Å². The molecule has 1 aromatic rings. The average Bonchev–Trinajstić information content (AvgIpc) is 3.18. The standard InChI is InChI=1S/C22H40N8O2/c1-5-23-22(25-16-19-26-17-27-28(19)4)24-10-8-6-7-9-20(31)29-11-13-30(14-12-29)21(32)15-18(2)3/h17-18H,5-16H2,1-4H3,(H2,23,24,25). The molecule has 2 N–H and O–H groups in total. The fraction of sp³-hybridized carbons (Fsp3) is 0.773. The molecule has 2 heterocycles. The summed E-state index contributed by atoms with van der Waals surface area (Å²) < 4.78 is 1.72. The number of rotatable bonds is 11. The van der Waals surface area contributed by atoms with E-state index in [2.05, 4.69) is 39.6 Å². The quantitative estimate of drug-likeness (QED) is 0.299. The van der Waals surface area contributed by atoms with Crippen LogP contribution in [0.15, 0.2) is 11.3 Å². The SMILES string of the molecule is CCNC(=NCc1ncnn1C)NCCCCCC(=O)N1CCN(C(=O)CC(C)C)CC1. The second kappa shape index (κ2) is 13.7. The fourth-order valence-corrected chi connectivity index (χ4v) is 3.58. The molecule has 0 aromatic carbocycles. The van der Waals surface area contributed by atoms with Crippen LogP contribution in [-0.2, 0) is 23.2 Å². The Morgan fingerprint density at radius 3 is 2.34 bits per heavy atom. The first-order valence-electron chi connectivity index (χ1n) is 11.8. The summed E-state index contributed by atoms with van der Waals surface area (Å²) in [6.07, 6.45) is 5.51. The minimum Gasteiger partial charge on any atom is -0.357 e. The first kappa shape index (κ1) is 25.6. The molecule has 10 nitrogen and oxygen atoms in total. The molecule has 0 unspecified atom stereocenters. The number of amides is 2. The molecular formula is C22H40N8O2. The van der Waals surface area contributed by atoms with E-state index in [9.17, 15) is 9.59 Å². The minimum absolute atomic E-state index is 0.201. The van der Waals surface area contributed by atoms with Gasteiger partial charge in [-0.2, -0.15) is 5.10 Å². The van der Waals surface area contributed by atoms with Gasteiger partial charge < -0.3 is 20.4 Å². The molecule has 0 radical (unpaired) electrons. The molecular weight excluding hydrogens is 408 g/mol. The van der Waals surface area contributed by atoms with Crippen molar-refractivity contribution in [2.75, 3.05) is 39.3 Å². The maximum absolute atomic E-state index is 12.5. The highest BCUT2D eigenvalue weighted by atomic mass is 16.2. The number of piperazine rings is 1. The highest BCUT2D eigenvalue weighted by Gasteiger charge is 2.23. The Kier molecular flexibility index (Phi) is 11.0. The van der Waals surface area contributed by atoms with Gasteiger partial charge in [0.05, 0.1) is 0 Å². The molecule has 2 rings (SSSR count). The van der Waals surface area contributed by atoms with Gasteiger partial charge in [-0.05, 0) is 25.7 Å². The topological polar surface area (TPSA) is 108 Å². The minimum atomic E-state index is 0.201. The lowest BCUT2D eigenvalue weighted by Crippen LogP contribution is -2.50. The van der Waals surface area contributed by atoms with Crippen LogP contribution in [0.2, 0.25) is 0 Å². The third-order valence-electron chi connectivity index (χ3n) is 5.46. The molecule has 2 amide bonds. The third kappa shape index (κ3) is 8.84. The summed E-state index contributed by atoms with van der Waals surface area (Å²) in [6.45, 7) is 10.8. The molecule has 1 aliphatic rings. The van der Waals surface area contributed by atoms with Gasteiger partial charge in [-0.15, -0.1) is 0 Å². The fourth-order valence-electron chi connectivity index (χ4n) is 3.58.